The van der Waals surface area contributed by atoms with Crippen molar-refractivity contribution in [3.8, 4) is 0 Å². The standard InChI is InChI=1S/C27H46O.C27H48/c1-18(2)7-6-8-19(3)23-11-12-24-22-10-9-20-17-21(28)13-15-26(20,4)25(22)14-16-27(23,24)5;1-19(2)9-8-10-20(3)23-14-15-24-22-13-12-21-11-6-7-17-26(21,4)25(22)16-18-27(23,24)5/h9,18-19,21-25,28H,6-8,10-17H2,1-5H3;19-25H,6-18H2,1-5H3/t19?,21-,22-,23+,24-,25-,26-,27+;20?,21?,22-,23+,24-,25-,26-,27+/m00/s1. The Hall–Kier alpha value is -0.300. The van der Waals surface area contributed by atoms with E-state index in [0.29, 0.717) is 21.7 Å². The Morgan fingerprint density at radius 2 is 1.11 bits per heavy atom. The molecule has 0 spiro atoms. The first kappa shape index (κ1) is 42.8. The maximum atomic E-state index is 10.2. The van der Waals surface area contributed by atoms with E-state index < -0.39 is 0 Å². The van der Waals surface area contributed by atoms with Crippen molar-refractivity contribution in [1.29, 1.82) is 0 Å². The van der Waals surface area contributed by atoms with E-state index in [1.165, 1.54) is 89.9 Å². The van der Waals surface area contributed by atoms with Gasteiger partial charge >= 0.3 is 0 Å². The van der Waals surface area contributed by atoms with Crippen molar-refractivity contribution in [3.63, 3.8) is 0 Å². The largest absolute Gasteiger partial charge is 0.393 e. The van der Waals surface area contributed by atoms with Crippen molar-refractivity contribution in [1.82, 2.24) is 0 Å². The SMILES string of the molecule is CC(C)CCCC(C)[C@H]1CC[C@H]2[C@@H]3CC=C4C[C@@H](O)CC[C@]4(C)[C@H]3CC[C@]12C.CC(C)CCCC(C)[C@H]1CC[C@H]2[C@@H]3CCC4CCCC[C@]4(C)[C@H]3CC[C@]12C. The summed E-state index contributed by atoms with van der Waals surface area (Å²) in [6.07, 6.45) is 37.1. The molecule has 8 aliphatic carbocycles. The van der Waals surface area contributed by atoms with Gasteiger partial charge in [0, 0.05) is 0 Å². The highest BCUT2D eigenvalue weighted by atomic mass is 16.3. The molecule has 8 aliphatic rings. The van der Waals surface area contributed by atoms with Crippen LogP contribution in [0.15, 0.2) is 11.6 Å². The van der Waals surface area contributed by atoms with Crippen LogP contribution in [-0.2, 0) is 0 Å². The van der Waals surface area contributed by atoms with Crippen LogP contribution in [0.25, 0.3) is 0 Å². The summed E-state index contributed by atoms with van der Waals surface area (Å²) in [6.45, 7) is 25.4. The van der Waals surface area contributed by atoms with E-state index in [1.807, 2.05) is 0 Å². The van der Waals surface area contributed by atoms with Crippen LogP contribution in [0.4, 0.5) is 0 Å². The van der Waals surface area contributed by atoms with E-state index in [-0.39, 0.29) is 6.10 Å². The number of aliphatic hydroxyl groups excluding tert-OH is 1. The van der Waals surface area contributed by atoms with Gasteiger partial charge in [0.2, 0.25) is 0 Å². The van der Waals surface area contributed by atoms with Crippen molar-refractivity contribution in [2.75, 3.05) is 0 Å². The minimum absolute atomic E-state index is 0.0766. The highest BCUT2D eigenvalue weighted by molar-refractivity contribution is 5.25. The van der Waals surface area contributed by atoms with Gasteiger partial charge in [-0.25, -0.2) is 0 Å². The third-order valence-corrected chi connectivity index (χ3v) is 21.1. The second kappa shape index (κ2) is 17.0. The first-order chi connectivity index (χ1) is 26.1. The van der Waals surface area contributed by atoms with E-state index in [0.717, 1.165) is 89.8 Å². The van der Waals surface area contributed by atoms with E-state index in [1.54, 1.807) is 56.9 Å². The van der Waals surface area contributed by atoms with Crippen LogP contribution < -0.4 is 0 Å². The predicted molar refractivity (Wildman–Crippen MR) is 237 cm³/mol. The van der Waals surface area contributed by atoms with Gasteiger partial charge in [-0.1, -0.05) is 132 Å². The van der Waals surface area contributed by atoms with Crippen LogP contribution in [0.5, 0.6) is 0 Å². The smallest absolute Gasteiger partial charge is 0.0577 e. The first-order valence-corrected chi connectivity index (χ1v) is 25.5. The third-order valence-electron chi connectivity index (χ3n) is 21.1. The quantitative estimate of drug-likeness (QED) is 0.220. The summed E-state index contributed by atoms with van der Waals surface area (Å²) in [6, 6.07) is 0. The molecule has 0 saturated heterocycles. The van der Waals surface area contributed by atoms with E-state index >= 15 is 0 Å². The van der Waals surface area contributed by atoms with Gasteiger partial charge < -0.3 is 5.11 Å². The molecule has 1 nitrogen and oxygen atoms in total. The van der Waals surface area contributed by atoms with Crippen LogP contribution in [0.2, 0.25) is 0 Å². The molecule has 16 atom stereocenters. The Bertz CT molecular complexity index is 1290. The molecule has 0 radical (unpaired) electrons. The van der Waals surface area contributed by atoms with Crippen LogP contribution in [0, 0.1) is 98.6 Å². The lowest BCUT2D eigenvalue weighted by atomic mass is 9.44. The fourth-order valence-electron chi connectivity index (χ4n) is 18.0. The average Bonchev–Trinajstić information content (AvgIpc) is 3.68. The Labute approximate surface area is 343 Å². The zero-order valence-corrected chi connectivity index (χ0v) is 38.6. The molecule has 7 saturated carbocycles. The minimum atomic E-state index is -0.0766. The molecular weight excluding hydrogens is 665 g/mol. The maximum Gasteiger partial charge on any atom is 0.0577 e. The van der Waals surface area contributed by atoms with Crippen molar-refractivity contribution in [2.24, 2.45) is 98.6 Å². The Morgan fingerprint density at radius 3 is 1.71 bits per heavy atom. The predicted octanol–water partition coefficient (Wildman–Crippen LogP) is 15.9. The lowest BCUT2D eigenvalue weighted by Gasteiger charge is -2.61. The van der Waals surface area contributed by atoms with Gasteiger partial charge in [-0.15, -0.1) is 0 Å². The molecule has 0 bridgehead atoms. The van der Waals surface area contributed by atoms with Crippen molar-refractivity contribution in [2.45, 2.75) is 229 Å². The number of allylic oxidation sites excluding steroid dienone is 1. The highest BCUT2D eigenvalue weighted by Gasteiger charge is 2.61. The normalized spacial score (nSPS) is 47.3. The van der Waals surface area contributed by atoms with Gasteiger partial charge in [0.15, 0.2) is 0 Å². The molecule has 0 aromatic heterocycles. The van der Waals surface area contributed by atoms with Crippen LogP contribution in [0.1, 0.15) is 223 Å². The minimum Gasteiger partial charge on any atom is -0.393 e. The van der Waals surface area contributed by atoms with E-state index in [2.05, 4.69) is 75.3 Å². The number of fused-ring (bicyclic) bond motifs is 10. The number of aliphatic hydroxyl groups is 1. The van der Waals surface area contributed by atoms with Gasteiger partial charge in [-0.2, -0.15) is 0 Å². The first-order valence-electron chi connectivity index (χ1n) is 25.5. The fraction of sp³-hybridized carbons (Fsp3) is 0.963. The number of hydrogen-bond acceptors (Lipinski definition) is 1. The number of rotatable bonds is 10. The molecular formula is C54H94O. The summed E-state index contributed by atoms with van der Waals surface area (Å²) >= 11 is 0. The van der Waals surface area contributed by atoms with Crippen molar-refractivity contribution >= 4 is 0 Å². The molecule has 0 heterocycles. The van der Waals surface area contributed by atoms with Gasteiger partial charge in [0.25, 0.3) is 0 Å². The molecule has 7 fully saturated rings. The summed E-state index contributed by atoms with van der Waals surface area (Å²) in [7, 11) is 0. The number of hydrogen-bond donors (Lipinski definition) is 1. The Kier molecular flexibility index (Phi) is 13.2. The van der Waals surface area contributed by atoms with Crippen molar-refractivity contribution in [3.05, 3.63) is 11.6 Å². The molecule has 3 unspecified atom stereocenters. The molecule has 316 valence electrons. The van der Waals surface area contributed by atoms with Gasteiger partial charge in [-0.3, -0.25) is 0 Å². The average molecular weight is 759 g/mol. The Morgan fingerprint density at radius 1 is 0.545 bits per heavy atom. The molecule has 0 aromatic carbocycles. The molecule has 55 heavy (non-hydrogen) atoms. The highest BCUT2D eigenvalue weighted by Crippen LogP contribution is 2.69. The third kappa shape index (κ3) is 8.03. The molecule has 0 aromatic rings. The second-order valence-electron chi connectivity index (χ2n) is 24.6. The Balaban J connectivity index is 0.000000169. The monoisotopic (exact) mass is 759 g/mol. The summed E-state index contributed by atoms with van der Waals surface area (Å²) in [5.74, 6) is 12.6. The van der Waals surface area contributed by atoms with E-state index in [9.17, 15) is 5.11 Å². The summed E-state index contributed by atoms with van der Waals surface area (Å²) in [5.41, 5.74) is 3.99. The van der Waals surface area contributed by atoms with Gasteiger partial charge in [0.1, 0.15) is 0 Å². The lowest BCUT2D eigenvalue weighted by Crippen LogP contribution is -2.53. The van der Waals surface area contributed by atoms with Crippen molar-refractivity contribution < 1.29 is 5.11 Å². The molecule has 1 heteroatoms. The zero-order chi connectivity index (χ0) is 39.3. The lowest BCUT2D eigenvalue weighted by molar-refractivity contribution is -0.114. The maximum absolute atomic E-state index is 10.2. The topological polar surface area (TPSA) is 20.2 Å². The van der Waals surface area contributed by atoms with Gasteiger partial charge in [0.05, 0.1) is 6.10 Å². The van der Waals surface area contributed by atoms with Gasteiger partial charge in [-0.05, 0) is 201 Å². The zero-order valence-electron chi connectivity index (χ0n) is 38.6. The van der Waals surface area contributed by atoms with Crippen LogP contribution in [-0.4, -0.2) is 11.2 Å². The fourth-order valence-corrected chi connectivity index (χ4v) is 18.0. The summed E-state index contributed by atoms with van der Waals surface area (Å²) < 4.78 is 0. The van der Waals surface area contributed by atoms with E-state index in [4.69, 9.17) is 0 Å². The summed E-state index contributed by atoms with van der Waals surface area (Å²) in [4.78, 5) is 0. The molecule has 8 rings (SSSR count). The summed E-state index contributed by atoms with van der Waals surface area (Å²) in [5, 5.41) is 10.2. The molecule has 0 amide bonds. The molecule has 0 aliphatic heterocycles. The van der Waals surface area contributed by atoms with Crippen LogP contribution in [0.3, 0.4) is 0 Å². The van der Waals surface area contributed by atoms with Crippen LogP contribution >= 0.6 is 0 Å². The second-order valence-corrected chi connectivity index (χ2v) is 24.6. The molecule has 1 N–H and O–H groups in total.